The maximum Gasteiger partial charge on any atom is 0.285 e. The Morgan fingerprint density at radius 3 is 2.17 bits per heavy atom. The van der Waals surface area contributed by atoms with Gasteiger partial charge >= 0.3 is 0 Å². The van der Waals surface area contributed by atoms with Crippen LogP contribution in [0.4, 0.5) is 11.4 Å². The number of benzene rings is 3. The molecular formula is C20H18BrN2+. The molecule has 0 unspecified atom stereocenters. The van der Waals surface area contributed by atoms with Crippen molar-refractivity contribution >= 4 is 33.1 Å². The number of rotatable bonds is 3. The van der Waals surface area contributed by atoms with Crippen molar-refractivity contribution in [2.45, 2.75) is 6.92 Å². The molecule has 0 aliphatic heterocycles. The molecule has 0 saturated carbocycles. The van der Waals surface area contributed by atoms with Crippen LogP contribution in [-0.2, 0) is 0 Å². The van der Waals surface area contributed by atoms with E-state index in [1.807, 2.05) is 54.6 Å². The Labute approximate surface area is 145 Å². The summed E-state index contributed by atoms with van der Waals surface area (Å²) in [5.41, 5.74) is 4.45. The lowest BCUT2D eigenvalue weighted by atomic mass is 10.1. The molecule has 114 valence electrons. The maximum absolute atomic E-state index is 3.52. The zero-order valence-corrected chi connectivity index (χ0v) is 14.5. The molecule has 0 atom stereocenters. The number of anilines is 1. The van der Waals surface area contributed by atoms with E-state index in [1.165, 1.54) is 5.56 Å². The smallest absolute Gasteiger partial charge is 0.240 e. The maximum atomic E-state index is 3.52. The SMILES string of the molecule is Cc1ccccc1[NH+]=C(Nc1ccc(Br)cc1)c1ccccc1. The summed E-state index contributed by atoms with van der Waals surface area (Å²) in [6.45, 7) is 2.10. The van der Waals surface area contributed by atoms with E-state index >= 15 is 0 Å². The molecule has 3 aromatic carbocycles. The van der Waals surface area contributed by atoms with Gasteiger partial charge in [-0.25, -0.2) is 10.3 Å². The normalized spacial score (nSPS) is 11.3. The summed E-state index contributed by atoms with van der Waals surface area (Å²) < 4.78 is 1.07. The van der Waals surface area contributed by atoms with Crippen LogP contribution in [0.5, 0.6) is 0 Å². The zero-order chi connectivity index (χ0) is 16.1. The van der Waals surface area contributed by atoms with E-state index in [0.29, 0.717) is 0 Å². The standard InChI is InChI=1S/C20H17BrN2/c1-15-7-5-6-10-19(15)23-20(16-8-3-2-4-9-16)22-18-13-11-17(21)12-14-18/h2-14H,1H3,(H,22,23)/p+1. The van der Waals surface area contributed by atoms with E-state index in [4.69, 9.17) is 0 Å². The summed E-state index contributed by atoms with van der Waals surface area (Å²) in [6.07, 6.45) is 0. The number of halogens is 1. The minimum absolute atomic E-state index is 0.960. The van der Waals surface area contributed by atoms with Gasteiger partial charge in [0.15, 0.2) is 0 Å². The van der Waals surface area contributed by atoms with Crippen molar-refractivity contribution in [3.8, 4) is 0 Å². The first-order valence-electron chi connectivity index (χ1n) is 7.50. The fourth-order valence-electron chi connectivity index (χ4n) is 2.31. The molecule has 0 aliphatic rings. The Balaban J connectivity index is 2.00. The Kier molecular flexibility index (Phi) is 4.89. The zero-order valence-electron chi connectivity index (χ0n) is 12.9. The first-order valence-corrected chi connectivity index (χ1v) is 8.29. The van der Waals surface area contributed by atoms with Gasteiger partial charge in [0.25, 0.3) is 5.84 Å². The minimum atomic E-state index is 0.960. The van der Waals surface area contributed by atoms with Crippen molar-refractivity contribution in [2.24, 2.45) is 0 Å². The lowest BCUT2D eigenvalue weighted by Gasteiger charge is -2.05. The van der Waals surface area contributed by atoms with Crippen LogP contribution < -0.4 is 10.3 Å². The van der Waals surface area contributed by atoms with Crippen LogP contribution in [0.25, 0.3) is 0 Å². The number of aryl methyl sites for hydroxylation is 1. The van der Waals surface area contributed by atoms with Gasteiger partial charge in [0.2, 0.25) is 0 Å². The van der Waals surface area contributed by atoms with E-state index in [-0.39, 0.29) is 0 Å². The second-order valence-electron chi connectivity index (χ2n) is 5.31. The molecule has 0 spiro atoms. The van der Waals surface area contributed by atoms with Gasteiger partial charge in [0, 0.05) is 4.47 Å². The summed E-state index contributed by atoms with van der Waals surface area (Å²) in [6, 6.07) is 26.7. The second kappa shape index (κ2) is 7.25. The van der Waals surface area contributed by atoms with Crippen LogP contribution in [-0.4, -0.2) is 5.84 Å². The van der Waals surface area contributed by atoms with E-state index in [2.05, 4.69) is 57.4 Å². The first kappa shape index (κ1) is 15.5. The lowest BCUT2D eigenvalue weighted by molar-refractivity contribution is -0.353. The van der Waals surface area contributed by atoms with Gasteiger partial charge < -0.3 is 0 Å². The molecule has 3 aromatic rings. The lowest BCUT2D eigenvalue weighted by Crippen LogP contribution is -2.69. The summed E-state index contributed by atoms with van der Waals surface area (Å²) in [5, 5.41) is 3.48. The predicted octanol–water partition coefficient (Wildman–Crippen LogP) is 4.03. The van der Waals surface area contributed by atoms with Crippen LogP contribution in [0, 0.1) is 6.92 Å². The minimum Gasteiger partial charge on any atom is -0.240 e. The van der Waals surface area contributed by atoms with Crippen molar-refractivity contribution in [2.75, 3.05) is 5.32 Å². The third kappa shape index (κ3) is 4.08. The van der Waals surface area contributed by atoms with Gasteiger partial charge in [-0.1, -0.05) is 52.3 Å². The second-order valence-corrected chi connectivity index (χ2v) is 6.23. The molecule has 3 heteroatoms. The molecule has 0 fully saturated rings. The molecule has 0 amide bonds. The quantitative estimate of drug-likeness (QED) is 0.531. The highest BCUT2D eigenvalue weighted by Crippen LogP contribution is 2.15. The monoisotopic (exact) mass is 365 g/mol. The summed E-state index contributed by atoms with van der Waals surface area (Å²) in [4.78, 5) is 3.52. The van der Waals surface area contributed by atoms with Crippen LogP contribution in [0.2, 0.25) is 0 Å². The van der Waals surface area contributed by atoms with E-state index in [9.17, 15) is 0 Å². The Morgan fingerprint density at radius 2 is 1.48 bits per heavy atom. The Morgan fingerprint density at radius 1 is 0.826 bits per heavy atom. The Hall–Kier alpha value is -2.39. The van der Waals surface area contributed by atoms with Crippen molar-refractivity contribution in [1.29, 1.82) is 0 Å². The molecule has 0 aromatic heterocycles. The fourth-order valence-corrected chi connectivity index (χ4v) is 2.57. The number of amidine groups is 1. The predicted molar refractivity (Wildman–Crippen MR) is 100 cm³/mol. The molecule has 0 aliphatic carbocycles. The largest absolute Gasteiger partial charge is 0.285 e. The molecule has 0 heterocycles. The molecule has 0 bridgehead atoms. The highest BCUT2D eigenvalue weighted by atomic mass is 79.9. The molecule has 23 heavy (non-hydrogen) atoms. The highest BCUT2D eigenvalue weighted by Gasteiger charge is 2.12. The topological polar surface area (TPSA) is 26.0 Å². The van der Waals surface area contributed by atoms with Gasteiger partial charge in [-0.2, -0.15) is 0 Å². The highest BCUT2D eigenvalue weighted by molar-refractivity contribution is 9.10. The van der Waals surface area contributed by atoms with Gasteiger partial charge in [-0.3, -0.25) is 0 Å². The molecule has 2 N–H and O–H groups in total. The summed E-state index contributed by atoms with van der Waals surface area (Å²) in [7, 11) is 0. The molecule has 0 radical (unpaired) electrons. The average Bonchev–Trinajstić information content (AvgIpc) is 2.59. The fraction of sp³-hybridized carbons (Fsp3) is 0.0500. The van der Waals surface area contributed by atoms with Crippen LogP contribution in [0.3, 0.4) is 0 Å². The van der Waals surface area contributed by atoms with Crippen LogP contribution >= 0.6 is 15.9 Å². The van der Waals surface area contributed by atoms with Gasteiger partial charge in [0.05, 0.1) is 5.56 Å². The third-order valence-corrected chi connectivity index (χ3v) is 4.11. The number of nitrogens with one attached hydrogen (secondary N) is 2. The number of para-hydroxylation sites is 1. The molecule has 0 saturated heterocycles. The Bertz CT molecular complexity index is 809. The van der Waals surface area contributed by atoms with E-state index < -0.39 is 0 Å². The van der Waals surface area contributed by atoms with Gasteiger partial charge in [-0.05, 0) is 55.0 Å². The van der Waals surface area contributed by atoms with E-state index in [1.54, 1.807) is 0 Å². The average molecular weight is 366 g/mol. The third-order valence-electron chi connectivity index (χ3n) is 3.58. The molecular weight excluding hydrogens is 348 g/mol. The van der Waals surface area contributed by atoms with Crippen molar-refractivity contribution in [3.63, 3.8) is 0 Å². The van der Waals surface area contributed by atoms with Gasteiger partial charge in [-0.15, -0.1) is 0 Å². The summed E-state index contributed by atoms with van der Waals surface area (Å²) >= 11 is 3.47. The van der Waals surface area contributed by atoms with Crippen molar-refractivity contribution < 1.29 is 4.99 Å². The first-order chi connectivity index (χ1) is 11.2. The number of hydrogen-bond acceptors (Lipinski definition) is 0. The van der Waals surface area contributed by atoms with Crippen LogP contribution in [0.15, 0.2) is 83.3 Å². The van der Waals surface area contributed by atoms with Crippen LogP contribution in [0.1, 0.15) is 11.1 Å². The van der Waals surface area contributed by atoms with Gasteiger partial charge in [0.1, 0.15) is 11.4 Å². The van der Waals surface area contributed by atoms with Crippen molar-refractivity contribution in [1.82, 2.24) is 0 Å². The molecule has 3 rings (SSSR count). The molecule has 2 nitrogen and oxygen atoms in total. The summed E-state index contributed by atoms with van der Waals surface area (Å²) in [5.74, 6) is 0.960. The number of hydrogen-bond donors (Lipinski definition) is 2. The van der Waals surface area contributed by atoms with E-state index in [0.717, 1.165) is 27.2 Å². The van der Waals surface area contributed by atoms with Crippen molar-refractivity contribution in [3.05, 3.63) is 94.5 Å².